The van der Waals surface area contributed by atoms with E-state index < -0.39 is 11.4 Å². The Labute approximate surface area is 162 Å². The maximum Gasteiger partial charge on any atom is 0.272 e. The largest absolute Gasteiger partial charge is 0.377 e. The fourth-order valence-electron chi connectivity index (χ4n) is 4.20. The minimum absolute atomic E-state index is 0.142. The summed E-state index contributed by atoms with van der Waals surface area (Å²) in [5.74, 6) is -0.605. The van der Waals surface area contributed by atoms with Crippen molar-refractivity contribution in [1.82, 2.24) is 10.2 Å². The summed E-state index contributed by atoms with van der Waals surface area (Å²) in [5.41, 5.74) is 4.27. The van der Waals surface area contributed by atoms with Crippen molar-refractivity contribution in [3.63, 3.8) is 0 Å². The highest BCUT2D eigenvalue weighted by Gasteiger charge is 2.36. The van der Waals surface area contributed by atoms with E-state index in [4.69, 9.17) is 0 Å². The molecule has 1 aliphatic carbocycles. The quantitative estimate of drug-likeness (QED) is 0.747. The van der Waals surface area contributed by atoms with Crippen molar-refractivity contribution in [3.05, 3.63) is 94.3 Å². The van der Waals surface area contributed by atoms with Crippen LogP contribution in [0, 0.1) is 5.82 Å². The Hall–Kier alpha value is -3.21. The number of nitrogens with one attached hydrogen (secondary N) is 2. The first-order chi connectivity index (χ1) is 13.5. The van der Waals surface area contributed by atoms with Gasteiger partial charge in [-0.25, -0.2) is 9.49 Å². The van der Waals surface area contributed by atoms with Crippen molar-refractivity contribution in [3.8, 4) is 0 Å². The van der Waals surface area contributed by atoms with Crippen LogP contribution in [0.1, 0.15) is 31.4 Å². The van der Waals surface area contributed by atoms with Crippen molar-refractivity contribution in [2.75, 3.05) is 5.32 Å². The van der Waals surface area contributed by atoms with Gasteiger partial charge in [0.15, 0.2) is 0 Å². The van der Waals surface area contributed by atoms with E-state index in [1.54, 1.807) is 12.2 Å². The number of rotatable bonds is 4. The van der Waals surface area contributed by atoms with E-state index in [1.165, 1.54) is 17.7 Å². The molecule has 1 aliphatic heterocycles. The van der Waals surface area contributed by atoms with Crippen LogP contribution >= 0.6 is 0 Å². The Balaban J connectivity index is 2.03. The molecule has 0 saturated heterocycles. The molecule has 2 heterocycles. The lowest BCUT2D eigenvalue weighted by Gasteiger charge is -2.36. The molecule has 2 N–H and O–H groups in total. The van der Waals surface area contributed by atoms with Crippen molar-refractivity contribution in [2.24, 2.45) is 0 Å². The number of aromatic nitrogens is 2. The number of nitrogens with zero attached hydrogens (tertiary/aromatic N) is 1. The smallest absolute Gasteiger partial charge is 0.272 e. The molecule has 4 rings (SSSR count). The molecule has 1 aromatic heterocycles. The van der Waals surface area contributed by atoms with Gasteiger partial charge in [-0.15, -0.1) is 0 Å². The molecule has 142 valence electrons. The summed E-state index contributed by atoms with van der Waals surface area (Å²) in [6.45, 7) is 9.86. The molecular formula is C23H22FN3O. The number of anilines is 1. The lowest BCUT2D eigenvalue weighted by Crippen LogP contribution is -2.35. The van der Waals surface area contributed by atoms with Crippen LogP contribution in [0.5, 0.6) is 0 Å². The molecule has 0 saturated carbocycles. The van der Waals surface area contributed by atoms with Crippen LogP contribution in [0.4, 0.5) is 10.1 Å². The third-order valence-electron chi connectivity index (χ3n) is 5.42. The first-order valence-corrected chi connectivity index (χ1v) is 9.34. The minimum atomic E-state index is -0.463. The monoisotopic (exact) mass is 375 g/mol. The zero-order valence-electron chi connectivity index (χ0n) is 15.8. The molecule has 1 aromatic carbocycles. The summed E-state index contributed by atoms with van der Waals surface area (Å²) in [7, 11) is 0. The van der Waals surface area contributed by atoms with Gasteiger partial charge in [0.05, 0.1) is 23.0 Å². The maximum absolute atomic E-state index is 14.2. The van der Waals surface area contributed by atoms with Crippen LogP contribution in [-0.4, -0.2) is 16.2 Å². The molecule has 2 unspecified atom stereocenters. The van der Waals surface area contributed by atoms with Crippen LogP contribution in [0.25, 0.3) is 10.8 Å². The standard InChI is InChI=1S/C23H22FN3O/c1-4-7-14(5-2)21-19(15-9-6-8-13(3)10-15)22-20-17(23(28)27-26-22)11-16(24)12-18(20)25-21/h4-5,7,9-12,19,21,25H,1-2,6,8H2,3H3,(H,27,28)/b14-7+. The number of aromatic amines is 1. The second kappa shape index (κ2) is 7.08. The van der Waals surface area contributed by atoms with Crippen molar-refractivity contribution in [2.45, 2.75) is 31.7 Å². The molecule has 2 aliphatic rings. The van der Waals surface area contributed by atoms with Crippen molar-refractivity contribution < 1.29 is 4.39 Å². The van der Waals surface area contributed by atoms with Crippen LogP contribution in [0.2, 0.25) is 0 Å². The van der Waals surface area contributed by atoms with E-state index in [0.29, 0.717) is 16.5 Å². The van der Waals surface area contributed by atoms with Crippen LogP contribution in [0.3, 0.4) is 0 Å². The lowest BCUT2D eigenvalue weighted by atomic mass is 9.77. The summed E-state index contributed by atoms with van der Waals surface area (Å²) in [4.78, 5) is 12.3. The number of benzene rings is 1. The minimum Gasteiger partial charge on any atom is -0.377 e. The summed E-state index contributed by atoms with van der Waals surface area (Å²) in [6, 6.07) is 2.48. The fourth-order valence-corrected chi connectivity index (χ4v) is 4.20. The Bertz CT molecular complexity index is 1140. The third kappa shape index (κ3) is 2.93. The first kappa shape index (κ1) is 18.2. The molecule has 0 fully saturated rings. The zero-order valence-corrected chi connectivity index (χ0v) is 15.8. The molecule has 0 radical (unpaired) electrons. The SMILES string of the molecule is C=C/C=C(\C=C)C1Nc2cc(F)cc3c(=O)[nH]nc(c23)C1C1=CCCC(C)=C1. The number of hydrogen-bond acceptors (Lipinski definition) is 3. The normalized spacial score (nSPS) is 21.6. The van der Waals surface area contributed by atoms with E-state index in [1.807, 2.05) is 6.08 Å². The van der Waals surface area contributed by atoms with E-state index in [0.717, 1.165) is 29.7 Å². The summed E-state index contributed by atoms with van der Waals surface area (Å²) in [6.07, 6.45) is 11.8. The van der Waals surface area contributed by atoms with E-state index in [2.05, 4.69) is 47.7 Å². The molecule has 2 atom stereocenters. The van der Waals surface area contributed by atoms with E-state index >= 15 is 0 Å². The van der Waals surface area contributed by atoms with Crippen LogP contribution in [-0.2, 0) is 0 Å². The molecule has 28 heavy (non-hydrogen) atoms. The number of allylic oxidation sites excluding steroid dienone is 5. The van der Waals surface area contributed by atoms with E-state index in [-0.39, 0.29) is 12.0 Å². The van der Waals surface area contributed by atoms with Gasteiger partial charge in [-0.05, 0) is 43.0 Å². The van der Waals surface area contributed by atoms with Crippen molar-refractivity contribution in [1.29, 1.82) is 0 Å². The van der Waals surface area contributed by atoms with Crippen molar-refractivity contribution >= 4 is 16.5 Å². The van der Waals surface area contributed by atoms with Gasteiger partial charge in [0.25, 0.3) is 5.56 Å². The second-order valence-electron chi connectivity index (χ2n) is 7.25. The van der Waals surface area contributed by atoms with Gasteiger partial charge >= 0.3 is 0 Å². The predicted molar refractivity (Wildman–Crippen MR) is 112 cm³/mol. The summed E-state index contributed by atoms with van der Waals surface area (Å²) in [5, 5.41) is 11.4. The Morgan fingerprint density at radius 2 is 2.18 bits per heavy atom. The molecule has 4 nitrogen and oxygen atoms in total. The van der Waals surface area contributed by atoms with Gasteiger partial charge in [-0.3, -0.25) is 4.79 Å². The summed E-state index contributed by atoms with van der Waals surface area (Å²) >= 11 is 0. The Kier molecular flexibility index (Phi) is 4.59. The number of hydrogen-bond donors (Lipinski definition) is 2. The molecule has 0 spiro atoms. The highest BCUT2D eigenvalue weighted by Crippen LogP contribution is 2.44. The first-order valence-electron chi connectivity index (χ1n) is 9.34. The van der Waals surface area contributed by atoms with Gasteiger partial charge in [0.2, 0.25) is 0 Å². The highest BCUT2D eigenvalue weighted by atomic mass is 19.1. The van der Waals surface area contributed by atoms with Gasteiger partial charge in [-0.2, -0.15) is 5.10 Å². The van der Waals surface area contributed by atoms with Gasteiger partial charge < -0.3 is 5.32 Å². The second-order valence-corrected chi connectivity index (χ2v) is 7.25. The van der Waals surface area contributed by atoms with Gasteiger partial charge in [0, 0.05) is 11.1 Å². The predicted octanol–water partition coefficient (Wildman–Crippen LogP) is 4.90. The third-order valence-corrected chi connectivity index (χ3v) is 5.42. The summed E-state index contributed by atoms with van der Waals surface area (Å²) < 4.78 is 14.2. The molecular weight excluding hydrogens is 353 g/mol. The highest BCUT2D eigenvalue weighted by molar-refractivity contribution is 5.97. The van der Waals surface area contributed by atoms with Crippen LogP contribution in [0.15, 0.2) is 77.2 Å². The Morgan fingerprint density at radius 3 is 2.89 bits per heavy atom. The van der Waals surface area contributed by atoms with Gasteiger partial charge in [-0.1, -0.05) is 49.1 Å². The number of halogens is 1. The molecule has 2 aromatic rings. The van der Waals surface area contributed by atoms with E-state index in [9.17, 15) is 9.18 Å². The lowest BCUT2D eigenvalue weighted by molar-refractivity contribution is 0.625. The zero-order chi connectivity index (χ0) is 19.8. The molecule has 0 bridgehead atoms. The fraction of sp³-hybridized carbons (Fsp3) is 0.217. The maximum atomic E-state index is 14.2. The van der Waals surface area contributed by atoms with Gasteiger partial charge in [0.1, 0.15) is 5.82 Å². The topological polar surface area (TPSA) is 57.8 Å². The average molecular weight is 375 g/mol. The Morgan fingerprint density at radius 1 is 1.36 bits per heavy atom. The average Bonchev–Trinajstić information content (AvgIpc) is 2.68. The molecule has 5 heteroatoms. The molecule has 0 amide bonds. The van der Waals surface area contributed by atoms with Crippen LogP contribution < -0.4 is 10.9 Å². The number of H-pyrrole nitrogens is 1.